The highest BCUT2D eigenvalue weighted by molar-refractivity contribution is 14.1. The minimum absolute atomic E-state index is 0.0263. The van der Waals surface area contributed by atoms with Gasteiger partial charge in [-0.3, -0.25) is 4.79 Å². The van der Waals surface area contributed by atoms with Crippen molar-refractivity contribution in [2.24, 2.45) is 0 Å². The largest absolute Gasteiger partial charge is 0.488 e. The van der Waals surface area contributed by atoms with Gasteiger partial charge in [0.05, 0.1) is 5.56 Å². The lowest BCUT2D eigenvalue weighted by atomic mass is 9.96. The first-order valence-corrected chi connectivity index (χ1v) is 13.3. The lowest BCUT2D eigenvalue weighted by molar-refractivity contribution is 0.0258. The number of hydrogen-bond acceptors (Lipinski definition) is 4. The molecule has 6 heteroatoms. The summed E-state index contributed by atoms with van der Waals surface area (Å²) >= 11 is 2.24. The molecule has 0 saturated carbocycles. The molecule has 3 aromatic carbocycles. The normalized spacial score (nSPS) is 13.5. The number of ether oxygens (including phenoxy) is 2. The molecule has 1 aliphatic heterocycles. The smallest absolute Gasteiger partial charge is 0.410 e. The van der Waals surface area contributed by atoms with Crippen LogP contribution in [0.4, 0.5) is 4.79 Å². The van der Waals surface area contributed by atoms with E-state index in [0.29, 0.717) is 37.4 Å². The number of carbonyl (C=O) groups excluding carboxylic acids is 2. The van der Waals surface area contributed by atoms with Crippen molar-refractivity contribution in [3.8, 4) is 5.75 Å². The number of Topliss-reactive ketones (excluding diaryl/α,β-unsaturated/α-hetero) is 1. The average molecular weight is 597 g/mol. The molecule has 0 bridgehead atoms. The molecule has 0 atom stereocenters. The van der Waals surface area contributed by atoms with Crippen molar-refractivity contribution in [3.05, 3.63) is 98.1 Å². The molecule has 1 aliphatic rings. The first-order valence-electron chi connectivity index (χ1n) is 12.3. The Morgan fingerprint density at radius 3 is 2.33 bits per heavy atom. The van der Waals surface area contributed by atoms with Crippen molar-refractivity contribution in [2.75, 3.05) is 13.1 Å². The number of ketones is 1. The fourth-order valence-electron chi connectivity index (χ4n) is 4.26. The standard InChI is InChI=1S/C30H32INO4/c1-30(2,3)36-29(34)32-15-13-23-10-9-22(17-24(23)14-16-32)18-27(33)26-12-11-25(31)19-28(26)35-20-21-7-5-4-6-8-21/h4-12,17,19H,13-16,18,20H2,1-3H3. The molecular weight excluding hydrogens is 565 g/mol. The fraction of sp³-hybridized carbons (Fsp3) is 0.333. The molecule has 0 N–H and O–H groups in total. The van der Waals surface area contributed by atoms with Gasteiger partial charge in [-0.25, -0.2) is 4.79 Å². The van der Waals surface area contributed by atoms with Crippen molar-refractivity contribution in [1.29, 1.82) is 0 Å². The molecule has 0 saturated heterocycles. The summed E-state index contributed by atoms with van der Waals surface area (Å²) in [6.07, 6.45) is 1.54. The van der Waals surface area contributed by atoms with E-state index < -0.39 is 5.60 Å². The Morgan fingerprint density at radius 1 is 0.889 bits per heavy atom. The Morgan fingerprint density at radius 2 is 1.61 bits per heavy atom. The van der Waals surface area contributed by atoms with Gasteiger partial charge in [-0.2, -0.15) is 0 Å². The number of benzene rings is 3. The summed E-state index contributed by atoms with van der Waals surface area (Å²) < 4.78 is 12.6. The molecule has 0 unspecified atom stereocenters. The van der Waals surface area contributed by atoms with Gasteiger partial charge < -0.3 is 14.4 Å². The van der Waals surface area contributed by atoms with Crippen LogP contribution in [0.2, 0.25) is 0 Å². The highest BCUT2D eigenvalue weighted by Gasteiger charge is 2.24. The van der Waals surface area contributed by atoms with E-state index in [1.54, 1.807) is 4.90 Å². The van der Waals surface area contributed by atoms with Crippen molar-refractivity contribution < 1.29 is 19.1 Å². The van der Waals surface area contributed by atoms with Crippen LogP contribution in [0.1, 0.15) is 53.4 Å². The van der Waals surface area contributed by atoms with Crippen molar-refractivity contribution in [2.45, 2.75) is 52.2 Å². The van der Waals surface area contributed by atoms with Crippen LogP contribution in [0.25, 0.3) is 0 Å². The summed E-state index contributed by atoms with van der Waals surface area (Å²) in [6, 6.07) is 21.9. The maximum absolute atomic E-state index is 13.3. The molecule has 0 aromatic heterocycles. The highest BCUT2D eigenvalue weighted by atomic mass is 127. The summed E-state index contributed by atoms with van der Waals surface area (Å²) in [4.78, 5) is 27.6. The van der Waals surface area contributed by atoms with Crippen LogP contribution in [0.5, 0.6) is 5.75 Å². The number of fused-ring (bicyclic) bond motifs is 1. The Balaban J connectivity index is 1.44. The van der Waals surface area contributed by atoms with E-state index in [1.165, 1.54) is 11.1 Å². The minimum atomic E-state index is -0.511. The van der Waals surface area contributed by atoms with Crippen LogP contribution in [0.15, 0.2) is 66.7 Å². The molecule has 0 spiro atoms. The van der Waals surface area contributed by atoms with Crippen molar-refractivity contribution in [3.63, 3.8) is 0 Å². The van der Waals surface area contributed by atoms with Crippen LogP contribution in [0, 0.1) is 3.57 Å². The zero-order valence-corrected chi connectivity index (χ0v) is 23.2. The number of nitrogens with zero attached hydrogens (tertiary/aromatic N) is 1. The lowest BCUT2D eigenvalue weighted by Crippen LogP contribution is -2.38. The van der Waals surface area contributed by atoms with Crippen molar-refractivity contribution in [1.82, 2.24) is 4.90 Å². The second kappa shape index (κ2) is 11.5. The third-order valence-electron chi connectivity index (χ3n) is 6.07. The fourth-order valence-corrected chi connectivity index (χ4v) is 4.72. The predicted molar refractivity (Wildman–Crippen MR) is 150 cm³/mol. The molecule has 36 heavy (non-hydrogen) atoms. The van der Waals surface area contributed by atoms with Crippen molar-refractivity contribution >= 4 is 34.5 Å². The molecular formula is C30H32INO4. The quantitative estimate of drug-likeness (QED) is 0.237. The number of amides is 1. The third kappa shape index (κ3) is 7.09. The van der Waals surface area contributed by atoms with Gasteiger partial charge in [0, 0.05) is 23.1 Å². The van der Waals surface area contributed by atoms with Gasteiger partial charge >= 0.3 is 6.09 Å². The van der Waals surface area contributed by atoms with Gasteiger partial charge in [0.25, 0.3) is 0 Å². The third-order valence-corrected chi connectivity index (χ3v) is 6.74. The summed E-state index contributed by atoms with van der Waals surface area (Å²) in [5, 5.41) is 0. The van der Waals surface area contributed by atoms with Crippen LogP contribution in [-0.4, -0.2) is 35.5 Å². The molecule has 4 rings (SSSR count). The Bertz CT molecular complexity index is 1230. The van der Waals surface area contributed by atoms with E-state index in [9.17, 15) is 9.59 Å². The van der Waals surface area contributed by atoms with E-state index in [0.717, 1.165) is 27.5 Å². The SMILES string of the molecule is CC(C)(C)OC(=O)N1CCc2ccc(CC(=O)c3ccc(I)cc3OCc3ccccc3)cc2CC1. The van der Waals surface area contributed by atoms with Crippen LogP contribution >= 0.6 is 22.6 Å². The topological polar surface area (TPSA) is 55.8 Å². The Hall–Kier alpha value is -2.87. The van der Waals surface area contributed by atoms with Crippen LogP contribution in [-0.2, 0) is 30.6 Å². The van der Waals surface area contributed by atoms with Crippen LogP contribution in [0.3, 0.4) is 0 Å². The predicted octanol–water partition coefficient (Wildman–Crippen LogP) is 6.63. The average Bonchev–Trinajstić information content (AvgIpc) is 3.05. The molecule has 188 valence electrons. The molecule has 0 fully saturated rings. The number of carbonyl (C=O) groups is 2. The molecule has 1 amide bonds. The van der Waals surface area contributed by atoms with E-state index in [1.807, 2.05) is 75.4 Å². The van der Waals surface area contributed by atoms with E-state index >= 15 is 0 Å². The van der Waals surface area contributed by atoms with Gasteiger partial charge in [-0.1, -0.05) is 48.5 Å². The zero-order chi connectivity index (χ0) is 25.7. The summed E-state index contributed by atoms with van der Waals surface area (Å²) in [5.41, 5.74) is 4.52. The van der Waals surface area contributed by atoms with Gasteiger partial charge in [0.1, 0.15) is 18.0 Å². The lowest BCUT2D eigenvalue weighted by Gasteiger charge is -2.26. The van der Waals surface area contributed by atoms with E-state index in [4.69, 9.17) is 9.47 Å². The first-order chi connectivity index (χ1) is 17.2. The Kier molecular flexibility index (Phi) is 8.34. The molecule has 0 radical (unpaired) electrons. The molecule has 1 heterocycles. The van der Waals surface area contributed by atoms with Gasteiger partial charge in [-0.15, -0.1) is 0 Å². The Labute approximate surface area is 226 Å². The molecule has 5 nitrogen and oxygen atoms in total. The summed E-state index contributed by atoms with van der Waals surface area (Å²) in [5.74, 6) is 0.636. The number of rotatable bonds is 6. The van der Waals surface area contributed by atoms with E-state index in [2.05, 4.69) is 34.7 Å². The molecule has 3 aromatic rings. The number of halogens is 1. The number of hydrogen-bond donors (Lipinski definition) is 0. The summed E-state index contributed by atoms with van der Waals surface area (Å²) in [7, 11) is 0. The summed E-state index contributed by atoms with van der Waals surface area (Å²) in [6.45, 7) is 7.29. The zero-order valence-electron chi connectivity index (χ0n) is 21.1. The maximum Gasteiger partial charge on any atom is 0.410 e. The van der Waals surface area contributed by atoms with Crippen LogP contribution < -0.4 is 4.74 Å². The maximum atomic E-state index is 13.3. The second-order valence-electron chi connectivity index (χ2n) is 10.1. The highest BCUT2D eigenvalue weighted by Crippen LogP contribution is 2.26. The second-order valence-corrected chi connectivity index (χ2v) is 11.3. The van der Waals surface area contributed by atoms with E-state index in [-0.39, 0.29) is 11.9 Å². The molecule has 0 aliphatic carbocycles. The van der Waals surface area contributed by atoms with Gasteiger partial charge in [-0.05, 0) is 96.7 Å². The van der Waals surface area contributed by atoms with Gasteiger partial charge in [0.15, 0.2) is 5.78 Å². The minimum Gasteiger partial charge on any atom is -0.488 e. The monoisotopic (exact) mass is 597 g/mol. The first kappa shape index (κ1) is 26.2. The van der Waals surface area contributed by atoms with Gasteiger partial charge in [0.2, 0.25) is 0 Å².